The van der Waals surface area contributed by atoms with Crippen LogP contribution in [0.1, 0.15) is 34.3 Å². The van der Waals surface area contributed by atoms with Gasteiger partial charge < -0.3 is 25.2 Å². The third-order valence-electron chi connectivity index (χ3n) is 5.58. The van der Waals surface area contributed by atoms with Crippen molar-refractivity contribution in [3.63, 3.8) is 0 Å². The Labute approximate surface area is 188 Å². The van der Waals surface area contributed by atoms with Crippen LogP contribution in [0.4, 0.5) is 21.9 Å². The SMILES string of the molecule is COC(=O)c1ccc(N2CCCC2)c(NC(=O)N(C)CC(=O)Nc2c(C)cccc2C)c1. The van der Waals surface area contributed by atoms with Gasteiger partial charge in [-0.1, -0.05) is 18.2 Å². The molecule has 0 saturated carbocycles. The first kappa shape index (κ1) is 23.1. The number of ether oxygens (including phenoxy) is 1. The Bertz CT molecular complexity index is 995. The molecule has 0 unspecified atom stereocenters. The Hall–Kier alpha value is -3.55. The third-order valence-corrected chi connectivity index (χ3v) is 5.58. The lowest BCUT2D eigenvalue weighted by Gasteiger charge is -2.24. The Balaban J connectivity index is 1.72. The summed E-state index contributed by atoms with van der Waals surface area (Å²) in [6, 6.07) is 10.5. The number of likely N-dealkylation sites (N-methyl/N-ethyl adjacent to an activating group) is 1. The molecule has 170 valence electrons. The maximum atomic E-state index is 12.9. The number of hydrogen-bond donors (Lipinski definition) is 2. The fourth-order valence-electron chi connectivity index (χ4n) is 3.80. The number of anilines is 3. The second kappa shape index (κ2) is 10.2. The maximum absolute atomic E-state index is 12.9. The highest BCUT2D eigenvalue weighted by molar-refractivity contribution is 6.00. The summed E-state index contributed by atoms with van der Waals surface area (Å²) in [5, 5.41) is 5.74. The summed E-state index contributed by atoms with van der Waals surface area (Å²) < 4.78 is 4.81. The van der Waals surface area contributed by atoms with Gasteiger partial charge in [0, 0.05) is 25.8 Å². The molecule has 2 N–H and O–H groups in total. The Morgan fingerprint density at radius 3 is 2.31 bits per heavy atom. The van der Waals surface area contributed by atoms with E-state index in [1.807, 2.05) is 38.1 Å². The average molecular weight is 439 g/mol. The number of esters is 1. The van der Waals surface area contributed by atoms with Crippen LogP contribution >= 0.6 is 0 Å². The molecule has 0 spiro atoms. The van der Waals surface area contributed by atoms with E-state index in [0.29, 0.717) is 11.3 Å². The van der Waals surface area contributed by atoms with Gasteiger partial charge in [0.2, 0.25) is 5.91 Å². The first-order chi connectivity index (χ1) is 15.3. The van der Waals surface area contributed by atoms with Crippen LogP contribution in [-0.2, 0) is 9.53 Å². The van der Waals surface area contributed by atoms with Crippen molar-refractivity contribution in [3.8, 4) is 0 Å². The number of nitrogens with zero attached hydrogens (tertiary/aromatic N) is 2. The number of para-hydroxylation sites is 1. The third kappa shape index (κ3) is 5.38. The molecule has 1 aliphatic heterocycles. The van der Waals surface area contributed by atoms with Gasteiger partial charge in [-0.05, 0) is 56.0 Å². The number of amides is 3. The van der Waals surface area contributed by atoms with Crippen LogP contribution in [0.5, 0.6) is 0 Å². The summed E-state index contributed by atoms with van der Waals surface area (Å²) in [6.07, 6.45) is 2.15. The minimum absolute atomic E-state index is 0.116. The number of carbonyl (C=O) groups excluding carboxylic acids is 3. The molecular weight excluding hydrogens is 408 g/mol. The molecule has 2 aromatic rings. The highest BCUT2D eigenvalue weighted by Gasteiger charge is 2.21. The standard InChI is InChI=1S/C24H30N4O4/c1-16-8-7-9-17(2)22(16)26-21(29)15-27(3)24(31)25-19-14-18(23(30)32-4)10-11-20(19)28-12-5-6-13-28/h7-11,14H,5-6,12-13,15H2,1-4H3,(H,25,31)(H,26,29). The van der Waals surface area contributed by atoms with Gasteiger partial charge in [0.1, 0.15) is 6.54 Å². The molecule has 8 nitrogen and oxygen atoms in total. The lowest BCUT2D eigenvalue weighted by Crippen LogP contribution is -2.38. The van der Waals surface area contributed by atoms with Crippen LogP contribution in [0.2, 0.25) is 0 Å². The van der Waals surface area contributed by atoms with Crippen molar-refractivity contribution < 1.29 is 19.1 Å². The van der Waals surface area contributed by atoms with Gasteiger partial charge in [-0.15, -0.1) is 0 Å². The number of hydrogen-bond acceptors (Lipinski definition) is 5. The zero-order chi connectivity index (χ0) is 23.3. The molecule has 0 radical (unpaired) electrons. The number of carbonyl (C=O) groups is 3. The Kier molecular flexibility index (Phi) is 7.35. The first-order valence-electron chi connectivity index (χ1n) is 10.7. The predicted molar refractivity (Wildman–Crippen MR) is 125 cm³/mol. The fraction of sp³-hybridized carbons (Fsp3) is 0.375. The van der Waals surface area contributed by atoms with Crippen LogP contribution in [0.25, 0.3) is 0 Å². The monoisotopic (exact) mass is 438 g/mol. The Morgan fingerprint density at radius 1 is 1.03 bits per heavy atom. The minimum atomic E-state index is -0.477. The maximum Gasteiger partial charge on any atom is 0.337 e. The first-order valence-corrected chi connectivity index (χ1v) is 10.7. The van der Waals surface area contributed by atoms with Gasteiger partial charge in [-0.25, -0.2) is 9.59 Å². The topological polar surface area (TPSA) is 91.0 Å². The van der Waals surface area contributed by atoms with Crippen molar-refractivity contribution >= 4 is 35.0 Å². The van der Waals surface area contributed by atoms with Crippen LogP contribution in [0.3, 0.4) is 0 Å². The van der Waals surface area contributed by atoms with E-state index in [0.717, 1.165) is 48.4 Å². The number of methoxy groups -OCH3 is 1. The van der Waals surface area contributed by atoms with Crippen molar-refractivity contribution in [2.24, 2.45) is 0 Å². The highest BCUT2D eigenvalue weighted by Crippen LogP contribution is 2.30. The average Bonchev–Trinajstić information content (AvgIpc) is 3.30. The number of nitrogens with one attached hydrogen (secondary N) is 2. The van der Waals surface area contributed by atoms with E-state index < -0.39 is 12.0 Å². The zero-order valence-electron chi connectivity index (χ0n) is 19.0. The fourth-order valence-corrected chi connectivity index (χ4v) is 3.80. The molecule has 0 aromatic heterocycles. The summed E-state index contributed by atoms with van der Waals surface area (Å²) in [5.74, 6) is -0.766. The molecule has 3 rings (SSSR count). The molecule has 8 heteroatoms. The van der Waals surface area contributed by atoms with Gasteiger partial charge in [-0.3, -0.25) is 4.79 Å². The van der Waals surface area contributed by atoms with E-state index in [1.54, 1.807) is 19.2 Å². The largest absolute Gasteiger partial charge is 0.465 e. The summed E-state index contributed by atoms with van der Waals surface area (Å²) in [4.78, 5) is 40.9. The van der Waals surface area contributed by atoms with Gasteiger partial charge >= 0.3 is 12.0 Å². The normalized spacial score (nSPS) is 12.9. The smallest absolute Gasteiger partial charge is 0.337 e. The molecule has 0 bridgehead atoms. The second-order valence-corrected chi connectivity index (χ2v) is 8.02. The van der Waals surface area contributed by atoms with Crippen molar-refractivity contribution in [1.82, 2.24) is 4.90 Å². The highest BCUT2D eigenvalue weighted by atomic mass is 16.5. The molecule has 2 aromatic carbocycles. The van der Waals surface area contributed by atoms with Gasteiger partial charge in [0.25, 0.3) is 0 Å². The van der Waals surface area contributed by atoms with E-state index in [2.05, 4.69) is 15.5 Å². The molecule has 0 atom stereocenters. The van der Waals surface area contributed by atoms with Gasteiger partial charge in [0.15, 0.2) is 0 Å². The lowest BCUT2D eigenvalue weighted by atomic mass is 10.1. The zero-order valence-corrected chi connectivity index (χ0v) is 19.0. The summed E-state index contributed by atoms with van der Waals surface area (Å²) in [6.45, 7) is 5.50. The number of benzene rings is 2. The number of aryl methyl sites for hydroxylation is 2. The van der Waals surface area contributed by atoms with E-state index in [-0.39, 0.29) is 12.5 Å². The van der Waals surface area contributed by atoms with E-state index in [1.165, 1.54) is 12.0 Å². The molecule has 32 heavy (non-hydrogen) atoms. The molecule has 1 fully saturated rings. The summed E-state index contributed by atoms with van der Waals surface area (Å²) in [5.41, 5.74) is 4.38. The minimum Gasteiger partial charge on any atom is -0.465 e. The van der Waals surface area contributed by atoms with Crippen molar-refractivity contribution in [1.29, 1.82) is 0 Å². The molecule has 3 amide bonds. The van der Waals surface area contributed by atoms with Gasteiger partial charge in [-0.2, -0.15) is 0 Å². The van der Waals surface area contributed by atoms with Crippen molar-refractivity contribution in [2.45, 2.75) is 26.7 Å². The van der Waals surface area contributed by atoms with Gasteiger partial charge in [0.05, 0.1) is 24.0 Å². The number of rotatable bonds is 6. The van der Waals surface area contributed by atoms with E-state index in [9.17, 15) is 14.4 Å². The van der Waals surface area contributed by atoms with Crippen LogP contribution in [0.15, 0.2) is 36.4 Å². The number of urea groups is 1. The Morgan fingerprint density at radius 2 is 1.69 bits per heavy atom. The van der Waals surface area contributed by atoms with Crippen LogP contribution in [0, 0.1) is 13.8 Å². The summed E-state index contributed by atoms with van der Waals surface area (Å²) in [7, 11) is 2.87. The van der Waals surface area contributed by atoms with Crippen LogP contribution < -0.4 is 15.5 Å². The summed E-state index contributed by atoms with van der Waals surface area (Å²) >= 11 is 0. The van der Waals surface area contributed by atoms with E-state index in [4.69, 9.17) is 4.74 Å². The molecule has 0 aliphatic carbocycles. The predicted octanol–water partition coefficient (Wildman–Crippen LogP) is 3.79. The molecule has 1 aliphatic rings. The molecule has 1 heterocycles. The van der Waals surface area contributed by atoms with E-state index >= 15 is 0 Å². The van der Waals surface area contributed by atoms with Crippen molar-refractivity contribution in [3.05, 3.63) is 53.1 Å². The second-order valence-electron chi connectivity index (χ2n) is 8.02. The molecule has 1 saturated heterocycles. The molecular formula is C24H30N4O4. The lowest BCUT2D eigenvalue weighted by molar-refractivity contribution is -0.116. The quantitative estimate of drug-likeness (QED) is 0.670. The van der Waals surface area contributed by atoms with Crippen molar-refractivity contribution in [2.75, 3.05) is 49.3 Å². The van der Waals surface area contributed by atoms with Crippen LogP contribution in [-0.4, -0.2) is 56.6 Å².